The average Bonchev–Trinajstić information content (AvgIpc) is 2.85. The predicted octanol–water partition coefficient (Wildman–Crippen LogP) is 3.79. The van der Waals surface area contributed by atoms with E-state index < -0.39 is 5.97 Å². The second-order valence-electron chi connectivity index (χ2n) is 3.84. The van der Waals surface area contributed by atoms with E-state index in [1.807, 2.05) is 0 Å². The summed E-state index contributed by atoms with van der Waals surface area (Å²) >= 11 is 10.3. The number of thiophene rings is 1. The van der Waals surface area contributed by atoms with Gasteiger partial charge in [-0.15, -0.1) is 11.3 Å². The fourth-order valence-electron chi connectivity index (χ4n) is 1.42. The van der Waals surface area contributed by atoms with Gasteiger partial charge >= 0.3 is 5.97 Å². The van der Waals surface area contributed by atoms with Gasteiger partial charge in [-0.25, -0.2) is 4.79 Å². The topological polar surface area (TPSA) is 69.4 Å². The summed E-state index contributed by atoms with van der Waals surface area (Å²) in [6, 6.07) is 7.85. The van der Waals surface area contributed by atoms with Crippen molar-refractivity contribution in [2.75, 3.05) is 12.3 Å². The molecule has 0 saturated carbocycles. The summed E-state index contributed by atoms with van der Waals surface area (Å²) in [5.74, 6) is -0.867. The number of carbonyl (C=O) groups is 2. The first-order chi connectivity index (χ1) is 9.47. The molecule has 0 saturated heterocycles. The fourth-order valence-corrected chi connectivity index (χ4v) is 2.85. The molecule has 0 bridgehead atoms. The van der Waals surface area contributed by atoms with Gasteiger partial charge in [0.1, 0.15) is 0 Å². The molecule has 1 aromatic carbocycles. The zero-order chi connectivity index (χ0) is 14.7. The lowest BCUT2D eigenvalue weighted by Gasteiger charge is -2.05. The molecule has 1 aromatic heterocycles. The van der Waals surface area contributed by atoms with Crippen LogP contribution in [-0.4, -0.2) is 18.4 Å². The van der Waals surface area contributed by atoms with Crippen LogP contribution in [0.1, 0.15) is 20.0 Å². The second kappa shape index (κ2) is 6.39. The maximum absolute atomic E-state index is 11.8. The molecule has 0 radical (unpaired) electrons. The van der Waals surface area contributed by atoms with Crippen LogP contribution in [0.4, 0.5) is 5.69 Å². The van der Waals surface area contributed by atoms with Crippen molar-refractivity contribution in [2.45, 2.75) is 0 Å². The van der Waals surface area contributed by atoms with Crippen molar-refractivity contribution in [3.8, 4) is 0 Å². The van der Waals surface area contributed by atoms with Gasteiger partial charge in [-0.1, -0.05) is 11.6 Å². The van der Waals surface area contributed by atoms with E-state index in [1.165, 1.54) is 29.5 Å². The Labute approximate surface area is 132 Å². The number of ether oxygens (including phenoxy) is 1. The van der Waals surface area contributed by atoms with Gasteiger partial charge in [0.05, 0.1) is 24.9 Å². The lowest BCUT2D eigenvalue weighted by molar-refractivity contribution is 0.0476. The highest BCUT2D eigenvalue weighted by atomic mass is 79.9. The van der Waals surface area contributed by atoms with Gasteiger partial charge in [0.15, 0.2) is 6.61 Å². The molecule has 2 N–H and O–H groups in total. The van der Waals surface area contributed by atoms with Crippen molar-refractivity contribution in [1.82, 2.24) is 0 Å². The summed E-state index contributed by atoms with van der Waals surface area (Å²) in [5, 5.41) is 0.362. The number of rotatable bonds is 4. The number of benzene rings is 1. The van der Waals surface area contributed by atoms with Crippen molar-refractivity contribution < 1.29 is 14.3 Å². The number of halogens is 2. The lowest BCUT2D eigenvalue weighted by atomic mass is 10.2. The normalized spacial score (nSPS) is 10.3. The van der Waals surface area contributed by atoms with Crippen molar-refractivity contribution >= 4 is 56.3 Å². The molecule has 104 valence electrons. The summed E-state index contributed by atoms with van der Waals surface area (Å²) in [6.45, 7) is -0.311. The summed E-state index contributed by atoms with van der Waals surface area (Å²) in [5.41, 5.74) is 6.14. The van der Waals surface area contributed by atoms with E-state index in [0.29, 0.717) is 9.90 Å². The van der Waals surface area contributed by atoms with Gasteiger partial charge in [0.25, 0.3) is 0 Å². The van der Waals surface area contributed by atoms with Crippen LogP contribution in [0.5, 0.6) is 0 Å². The number of carbonyl (C=O) groups excluding carboxylic acids is 2. The maximum Gasteiger partial charge on any atom is 0.338 e. The van der Waals surface area contributed by atoms with Crippen LogP contribution in [0.15, 0.2) is 34.1 Å². The molecule has 2 rings (SSSR count). The van der Waals surface area contributed by atoms with E-state index in [2.05, 4.69) is 15.9 Å². The molecule has 20 heavy (non-hydrogen) atoms. The molecule has 0 atom stereocenters. The third-order valence-corrected chi connectivity index (χ3v) is 4.42. The smallest absolute Gasteiger partial charge is 0.338 e. The Morgan fingerprint density at radius 3 is 2.65 bits per heavy atom. The van der Waals surface area contributed by atoms with Gasteiger partial charge in [-0.05, 0) is 46.3 Å². The number of anilines is 1. The average molecular weight is 375 g/mol. The van der Waals surface area contributed by atoms with E-state index in [4.69, 9.17) is 22.1 Å². The Morgan fingerprint density at radius 2 is 2.05 bits per heavy atom. The third-order valence-electron chi connectivity index (χ3n) is 2.41. The van der Waals surface area contributed by atoms with E-state index in [0.717, 1.165) is 3.79 Å². The minimum Gasteiger partial charge on any atom is -0.454 e. The van der Waals surface area contributed by atoms with Crippen LogP contribution in [0.3, 0.4) is 0 Å². The minimum atomic E-state index is -0.614. The Bertz CT molecular complexity index is 671. The number of hydrogen-bond donors (Lipinski definition) is 1. The highest BCUT2D eigenvalue weighted by molar-refractivity contribution is 9.11. The molecule has 0 unspecified atom stereocenters. The number of esters is 1. The maximum atomic E-state index is 11.8. The predicted molar refractivity (Wildman–Crippen MR) is 82.5 cm³/mol. The Morgan fingerprint density at radius 1 is 1.30 bits per heavy atom. The first kappa shape index (κ1) is 15.0. The number of nitrogens with two attached hydrogens (primary N) is 1. The van der Waals surface area contributed by atoms with Crippen LogP contribution >= 0.6 is 38.9 Å². The first-order valence-electron chi connectivity index (χ1n) is 5.48. The van der Waals surface area contributed by atoms with Crippen LogP contribution < -0.4 is 5.73 Å². The summed E-state index contributed by atoms with van der Waals surface area (Å²) in [7, 11) is 0. The molecule has 7 heteroatoms. The number of nitrogen functional groups attached to an aromatic ring is 1. The van der Waals surface area contributed by atoms with Crippen LogP contribution in [0.25, 0.3) is 0 Å². The fraction of sp³-hybridized carbons (Fsp3) is 0.0769. The van der Waals surface area contributed by atoms with Crippen molar-refractivity contribution in [3.63, 3.8) is 0 Å². The minimum absolute atomic E-state index is 0.254. The Kier molecular flexibility index (Phi) is 4.80. The van der Waals surface area contributed by atoms with Crippen LogP contribution in [0.2, 0.25) is 5.02 Å². The summed E-state index contributed by atoms with van der Waals surface area (Å²) in [4.78, 5) is 24.1. The number of hydrogen-bond acceptors (Lipinski definition) is 5. The highest BCUT2D eigenvalue weighted by Gasteiger charge is 2.14. The highest BCUT2D eigenvalue weighted by Crippen LogP contribution is 2.23. The van der Waals surface area contributed by atoms with Crippen molar-refractivity contribution in [2.24, 2.45) is 0 Å². The Balaban J connectivity index is 1.98. The van der Waals surface area contributed by atoms with Crippen LogP contribution in [0, 0.1) is 0 Å². The quantitative estimate of drug-likeness (QED) is 0.502. The second-order valence-corrected chi connectivity index (χ2v) is 6.71. The summed E-state index contributed by atoms with van der Waals surface area (Å²) in [6.07, 6.45) is 0. The zero-order valence-corrected chi connectivity index (χ0v) is 13.2. The molecule has 0 fully saturated rings. The van der Waals surface area contributed by atoms with Gasteiger partial charge in [-0.2, -0.15) is 0 Å². The van der Waals surface area contributed by atoms with Gasteiger partial charge in [0.2, 0.25) is 5.78 Å². The summed E-state index contributed by atoms with van der Waals surface area (Å²) < 4.78 is 5.80. The molecule has 4 nitrogen and oxygen atoms in total. The van der Waals surface area contributed by atoms with Crippen molar-refractivity contribution in [3.05, 3.63) is 49.6 Å². The van der Waals surface area contributed by atoms with Gasteiger partial charge < -0.3 is 10.5 Å². The largest absolute Gasteiger partial charge is 0.454 e. The van der Waals surface area contributed by atoms with E-state index >= 15 is 0 Å². The van der Waals surface area contributed by atoms with Crippen molar-refractivity contribution in [1.29, 1.82) is 0 Å². The molecular formula is C13H9BrClNO3S. The Hall–Kier alpha value is -1.37. The zero-order valence-electron chi connectivity index (χ0n) is 10.1. The molecular weight excluding hydrogens is 366 g/mol. The molecule has 0 aliphatic carbocycles. The monoisotopic (exact) mass is 373 g/mol. The van der Waals surface area contributed by atoms with Gasteiger partial charge in [0, 0.05) is 0 Å². The van der Waals surface area contributed by atoms with Gasteiger partial charge in [-0.3, -0.25) is 4.79 Å². The van der Waals surface area contributed by atoms with E-state index in [1.54, 1.807) is 12.1 Å². The lowest BCUT2D eigenvalue weighted by Crippen LogP contribution is -2.13. The van der Waals surface area contributed by atoms with E-state index in [9.17, 15) is 9.59 Å². The first-order valence-corrected chi connectivity index (χ1v) is 7.47. The molecule has 0 spiro atoms. The standard InChI is InChI=1S/C13H9BrClNO3S/c14-12-4-3-11(20-12)10(17)6-19-13(18)7-1-2-8(15)9(16)5-7/h1-5H,6,16H2. The SMILES string of the molecule is Nc1cc(C(=O)OCC(=O)c2ccc(Br)s2)ccc1Cl. The molecule has 1 heterocycles. The third kappa shape index (κ3) is 3.59. The number of Topliss-reactive ketones (excluding diaryl/α,β-unsaturated/α-hetero) is 1. The molecule has 2 aromatic rings. The molecule has 0 aliphatic heterocycles. The molecule has 0 aliphatic rings. The van der Waals surface area contributed by atoms with Crippen LogP contribution in [-0.2, 0) is 4.74 Å². The molecule has 0 amide bonds. The number of ketones is 1. The van der Waals surface area contributed by atoms with E-state index in [-0.39, 0.29) is 23.6 Å².